The molecule has 2 aliphatic carbocycles. The van der Waals surface area contributed by atoms with Crippen molar-refractivity contribution in [2.75, 3.05) is 0 Å². The summed E-state index contributed by atoms with van der Waals surface area (Å²) in [5.41, 5.74) is 3.14. The molecule has 0 saturated heterocycles. The van der Waals surface area contributed by atoms with Crippen LogP contribution >= 0.6 is 24.8 Å². The second kappa shape index (κ2) is 6.82. The van der Waals surface area contributed by atoms with E-state index in [1.807, 2.05) is 6.56 Å². The Labute approximate surface area is 139 Å². The van der Waals surface area contributed by atoms with E-state index in [4.69, 9.17) is 0 Å². The van der Waals surface area contributed by atoms with E-state index in [0.717, 1.165) is 3.63 Å². The molecule has 0 atom stereocenters. The van der Waals surface area contributed by atoms with Gasteiger partial charge in [-0.25, -0.2) is 0 Å². The van der Waals surface area contributed by atoms with Crippen molar-refractivity contribution < 1.29 is 17.4 Å². The van der Waals surface area contributed by atoms with Crippen molar-refractivity contribution in [3.05, 3.63) is 42.0 Å². The molecule has 2 rings (SSSR count). The molecule has 20 heavy (non-hydrogen) atoms. The third-order valence-electron chi connectivity index (χ3n) is 5.58. The Kier molecular flexibility index (Phi) is 7.03. The fourth-order valence-corrected chi connectivity index (χ4v) is 22.3. The van der Waals surface area contributed by atoms with Crippen LogP contribution in [0.15, 0.2) is 42.0 Å². The first-order valence-corrected chi connectivity index (χ1v) is 19.3. The normalized spacial score (nSPS) is 18.8. The third-order valence-corrected chi connectivity index (χ3v) is 34.3. The van der Waals surface area contributed by atoms with Gasteiger partial charge in [-0.2, -0.15) is 0 Å². The average Bonchev–Trinajstić information content (AvgIpc) is 2.87. The van der Waals surface area contributed by atoms with Gasteiger partial charge in [0.25, 0.3) is 0 Å². The number of hydrogen-bond donors (Lipinski definition) is 0. The van der Waals surface area contributed by atoms with Crippen LogP contribution in [-0.2, 0) is 17.4 Å². The first kappa shape index (κ1) is 20.6. The molecule has 0 bridgehead atoms. The minimum Gasteiger partial charge on any atom is -0.147 e. The van der Waals surface area contributed by atoms with Crippen molar-refractivity contribution in [2.24, 2.45) is 0 Å². The molecule has 0 heterocycles. The van der Waals surface area contributed by atoms with Crippen LogP contribution in [0.5, 0.6) is 0 Å². The summed E-state index contributed by atoms with van der Waals surface area (Å²) in [7, 11) is 0. The summed E-state index contributed by atoms with van der Waals surface area (Å²) in [6, 6.07) is 0. The van der Waals surface area contributed by atoms with Crippen LogP contribution in [-0.4, -0.2) is 6.88 Å². The van der Waals surface area contributed by atoms with E-state index >= 15 is 0 Å². The van der Waals surface area contributed by atoms with Crippen LogP contribution in [0.2, 0.25) is 8.26 Å². The first-order valence-electron chi connectivity index (χ1n) is 7.06. The molecule has 0 saturated carbocycles. The number of rotatable bonds is 3. The van der Waals surface area contributed by atoms with E-state index in [-0.39, 0.29) is 24.8 Å². The van der Waals surface area contributed by atoms with Crippen molar-refractivity contribution in [3.8, 4) is 0 Å². The van der Waals surface area contributed by atoms with Gasteiger partial charge in [-0.3, -0.25) is 0 Å². The molecule has 0 aromatic rings. The molecule has 0 radical (unpaired) electrons. The van der Waals surface area contributed by atoms with Crippen LogP contribution in [0.25, 0.3) is 0 Å². The zero-order chi connectivity index (χ0) is 13.6. The van der Waals surface area contributed by atoms with Gasteiger partial charge in [0, 0.05) is 0 Å². The van der Waals surface area contributed by atoms with E-state index in [1.165, 1.54) is 12.8 Å². The summed E-state index contributed by atoms with van der Waals surface area (Å²) in [5, 5.41) is 0. The molecule has 0 aromatic heterocycles. The van der Waals surface area contributed by atoms with E-state index < -0.39 is 17.4 Å². The topological polar surface area (TPSA) is 0 Å². The Bertz CT molecular complexity index is 537. The van der Waals surface area contributed by atoms with E-state index in [9.17, 15) is 0 Å². The largest absolute Gasteiger partial charge is 0.147 e. The van der Waals surface area contributed by atoms with Crippen LogP contribution in [0, 0.1) is 0 Å². The van der Waals surface area contributed by atoms with Crippen LogP contribution in [0.4, 0.5) is 0 Å². The monoisotopic (exact) mass is 408 g/mol. The Morgan fingerprint density at radius 1 is 0.950 bits per heavy atom. The van der Waals surface area contributed by atoms with Crippen molar-refractivity contribution >= 4 is 31.7 Å². The minimum absolute atomic E-state index is 0. The van der Waals surface area contributed by atoms with E-state index in [1.54, 1.807) is 11.1 Å². The number of halogens is 2. The predicted octanol–water partition coefficient (Wildman–Crippen LogP) is 5.41. The molecule has 0 unspecified atom stereocenters. The maximum Gasteiger partial charge on any atom is -0.147 e. The summed E-state index contributed by atoms with van der Waals surface area (Å²) in [5.74, 6) is 0. The molecular weight excluding hydrogens is 382 g/mol. The molecule has 0 spiro atoms. The molecule has 0 N–H and O–H groups in total. The molecular formula is C16H28Cl2SiZr. The molecule has 0 aliphatic heterocycles. The quantitative estimate of drug-likeness (QED) is 0.546. The second-order valence-corrected chi connectivity index (χ2v) is 33.8. The Hall–Kier alpha value is 0.640. The van der Waals surface area contributed by atoms with Gasteiger partial charge in [-0.05, 0) is 0 Å². The Balaban J connectivity index is 0.00000180. The zero-order valence-corrected chi connectivity index (χ0v) is 18.8. The van der Waals surface area contributed by atoms with E-state index in [0.29, 0.717) is 0 Å². The maximum atomic E-state index is 2.68. The molecule has 0 aromatic carbocycles. The Morgan fingerprint density at radius 2 is 1.30 bits per heavy atom. The number of allylic oxidation sites excluding steroid dienone is 8. The SMILES string of the molecule is CC1=[C]([Zr]([CH3])(=[SiH2])([C]2=C(C)C=CC2)[CH](C)C)CC=C1.Cl.Cl. The van der Waals surface area contributed by atoms with Gasteiger partial charge >= 0.3 is 115 Å². The van der Waals surface area contributed by atoms with Crippen molar-refractivity contribution in [1.82, 2.24) is 0 Å². The van der Waals surface area contributed by atoms with Gasteiger partial charge in [-0.1, -0.05) is 0 Å². The minimum atomic E-state index is -2.96. The third kappa shape index (κ3) is 2.91. The predicted molar refractivity (Wildman–Crippen MR) is 96.9 cm³/mol. The van der Waals surface area contributed by atoms with Gasteiger partial charge in [-0.15, -0.1) is 24.8 Å². The summed E-state index contributed by atoms with van der Waals surface area (Å²) >= 11 is -2.96. The van der Waals surface area contributed by atoms with Gasteiger partial charge in [0.2, 0.25) is 0 Å². The van der Waals surface area contributed by atoms with Gasteiger partial charge in [0.15, 0.2) is 0 Å². The summed E-state index contributed by atoms with van der Waals surface area (Å²) in [6.07, 6.45) is 11.9. The van der Waals surface area contributed by atoms with Crippen LogP contribution in [0.1, 0.15) is 40.5 Å². The molecule has 0 amide bonds. The standard InChI is InChI=1S/2C6H7.C3H7.CH3.2ClH.H2Si.Zr/c2*1-6-4-2-3-5-6;1-3-2;;;;;/h2*2,4H,3H2,1H3;3H,1-2H3;1H3;2*1H;1H2;. The molecule has 0 fully saturated rings. The molecule has 2 aliphatic rings. The van der Waals surface area contributed by atoms with Crippen LogP contribution in [0.3, 0.4) is 0 Å². The summed E-state index contributed by atoms with van der Waals surface area (Å²) in [6.45, 7) is 12.0. The summed E-state index contributed by atoms with van der Waals surface area (Å²) in [4.78, 5) is 0. The fourth-order valence-electron chi connectivity index (χ4n) is 3.78. The smallest absolute Gasteiger partial charge is 0.147 e. The molecule has 4 heteroatoms. The molecule has 0 nitrogen and oxygen atoms in total. The van der Waals surface area contributed by atoms with Crippen molar-refractivity contribution in [3.63, 3.8) is 0 Å². The fraction of sp³-hybridized carbons (Fsp3) is 0.500. The summed E-state index contributed by atoms with van der Waals surface area (Å²) < 4.78 is 7.17. The first-order chi connectivity index (χ1) is 8.28. The maximum absolute atomic E-state index is 2.96. The zero-order valence-electron chi connectivity index (χ0n) is 13.3. The second-order valence-electron chi connectivity index (χ2n) is 6.80. The van der Waals surface area contributed by atoms with Gasteiger partial charge in [0.1, 0.15) is 0 Å². The van der Waals surface area contributed by atoms with E-state index in [2.05, 4.69) is 63.5 Å². The van der Waals surface area contributed by atoms with Crippen molar-refractivity contribution in [2.45, 2.75) is 48.8 Å². The molecule has 114 valence electrons. The van der Waals surface area contributed by atoms with Gasteiger partial charge < -0.3 is 0 Å². The van der Waals surface area contributed by atoms with Crippen molar-refractivity contribution in [1.29, 1.82) is 0 Å². The van der Waals surface area contributed by atoms with Gasteiger partial charge in [0.05, 0.1) is 0 Å². The Morgan fingerprint density at radius 3 is 1.50 bits per heavy atom. The van der Waals surface area contributed by atoms with Crippen LogP contribution < -0.4 is 0 Å². The average molecular weight is 411 g/mol. The number of hydrogen-bond acceptors (Lipinski definition) is 0.